The van der Waals surface area contributed by atoms with Crippen molar-refractivity contribution in [1.82, 2.24) is 5.32 Å². The number of methoxy groups -OCH3 is 1. The molecular formula is C27H23ClN2O5. The molecular weight excluding hydrogens is 468 g/mol. The number of nitrogens with zero attached hydrogens (tertiary/aromatic N) is 1. The van der Waals surface area contributed by atoms with Gasteiger partial charge in [-0.15, -0.1) is 0 Å². The van der Waals surface area contributed by atoms with Gasteiger partial charge in [0.15, 0.2) is 11.5 Å². The molecule has 178 valence electrons. The van der Waals surface area contributed by atoms with Crippen molar-refractivity contribution >= 4 is 41.2 Å². The molecule has 0 unspecified atom stereocenters. The van der Waals surface area contributed by atoms with Crippen LogP contribution in [-0.2, 0) is 16.2 Å². The Labute approximate surface area is 207 Å². The zero-order valence-electron chi connectivity index (χ0n) is 19.4. The molecule has 0 bridgehead atoms. The number of anilines is 1. The second-order valence-corrected chi connectivity index (χ2v) is 8.51. The first-order valence-electron chi connectivity index (χ1n) is 10.8. The van der Waals surface area contributed by atoms with Crippen LogP contribution < -0.4 is 19.7 Å². The highest BCUT2D eigenvalue weighted by atomic mass is 35.5. The maximum absolute atomic E-state index is 13.2. The third kappa shape index (κ3) is 5.20. The van der Waals surface area contributed by atoms with Crippen LogP contribution in [0.4, 0.5) is 10.5 Å². The molecule has 0 aromatic heterocycles. The number of aryl methyl sites for hydroxylation is 2. The molecule has 35 heavy (non-hydrogen) atoms. The molecule has 1 saturated heterocycles. The lowest BCUT2D eigenvalue weighted by Gasteiger charge is -2.27. The zero-order valence-corrected chi connectivity index (χ0v) is 20.2. The van der Waals surface area contributed by atoms with Gasteiger partial charge in [-0.3, -0.25) is 14.9 Å². The summed E-state index contributed by atoms with van der Waals surface area (Å²) < 4.78 is 11.3. The molecule has 7 nitrogen and oxygen atoms in total. The number of urea groups is 1. The summed E-state index contributed by atoms with van der Waals surface area (Å²) in [5, 5.41) is 2.89. The molecule has 0 spiro atoms. The molecule has 0 atom stereocenters. The van der Waals surface area contributed by atoms with E-state index in [0.717, 1.165) is 21.6 Å². The Balaban J connectivity index is 1.60. The first kappa shape index (κ1) is 24.0. The van der Waals surface area contributed by atoms with Crippen LogP contribution in [0, 0.1) is 13.8 Å². The summed E-state index contributed by atoms with van der Waals surface area (Å²) >= 11 is 5.92. The SMILES string of the molecule is COc1cc(/C=C2\C(=O)NC(=O)N(c3ccc(C)cc3C)C2=O)ccc1OCc1ccc(Cl)cc1. The fourth-order valence-corrected chi connectivity index (χ4v) is 3.86. The molecule has 1 aliphatic heterocycles. The van der Waals surface area contributed by atoms with E-state index in [1.165, 1.54) is 13.2 Å². The van der Waals surface area contributed by atoms with Crippen LogP contribution in [0.25, 0.3) is 6.08 Å². The lowest BCUT2D eigenvalue weighted by molar-refractivity contribution is -0.122. The van der Waals surface area contributed by atoms with Crippen LogP contribution in [0.5, 0.6) is 11.5 Å². The zero-order chi connectivity index (χ0) is 25.1. The minimum atomic E-state index is -0.785. The lowest BCUT2D eigenvalue weighted by Crippen LogP contribution is -2.54. The number of hydrogen-bond acceptors (Lipinski definition) is 5. The van der Waals surface area contributed by atoms with Gasteiger partial charge in [-0.05, 0) is 66.9 Å². The summed E-state index contributed by atoms with van der Waals surface area (Å²) in [5.41, 5.74) is 3.46. The Bertz CT molecular complexity index is 1350. The molecule has 1 aliphatic rings. The highest BCUT2D eigenvalue weighted by molar-refractivity contribution is 6.39. The number of carbonyl (C=O) groups is 3. The van der Waals surface area contributed by atoms with Gasteiger partial charge in [-0.2, -0.15) is 0 Å². The second-order valence-electron chi connectivity index (χ2n) is 8.07. The lowest BCUT2D eigenvalue weighted by atomic mass is 10.0. The average molecular weight is 491 g/mol. The first-order chi connectivity index (χ1) is 16.8. The Kier molecular flexibility index (Phi) is 6.89. The van der Waals surface area contributed by atoms with Gasteiger partial charge in [-0.25, -0.2) is 9.69 Å². The third-order valence-corrected chi connectivity index (χ3v) is 5.75. The Morgan fingerprint density at radius 2 is 1.69 bits per heavy atom. The summed E-state index contributed by atoms with van der Waals surface area (Å²) in [6.45, 7) is 4.03. The normalized spacial score (nSPS) is 14.8. The van der Waals surface area contributed by atoms with E-state index in [1.54, 1.807) is 49.4 Å². The van der Waals surface area contributed by atoms with Gasteiger partial charge >= 0.3 is 6.03 Å². The molecule has 4 rings (SSSR count). The molecule has 3 aromatic carbocycles. The van der Waals surface area contributed by atoms with E-state index in [4.69, 9.17) is 21.1 Å². The fourth-order valence-electron chi connectivity index (χ4n) is 3.73. The number of rotatable bonds is 6. The number of ether oxygens (including phenoxy) is 2. The van der Waals surface area contributed by atoms with Gasteiger partial charge in [0.05, 0.1) is 12.8 Å². The summed E-state index contributed by atoms with van der Waals surface area (Å²) in [5.74, 6) is -0.536. The molecule has 1 N–H and O–H groups in total. The van der Waals surface area contributed by atoms with Crippen LogP contribution in [-0.4, -0.2) is 25.0 Å². The van der Waals surface area contributed by atoms with E-state index in [9.17, 15) is 14.4 Å². The number of hydrogen-bond donors (Lipinski definition) is 1. The van der Waals surface area contributed by atoms with Crippen molar-refractivity contribution in [2.24, 2.45) is 0 Å². The van der Waals surface area contributed by atoms with E-state index in [0.29, 0.717) is 34.4 Å². The summed E-state index contributed by atoms with van der Waals surface area (Å²) in [4.78, 5) is 39.2. The van der Waals surface area contributed by atoms with Crippen molar-refractivity contribution < 1.29 is 23.9 Å². The molecule has 0 radical (unpaired) electrons. The monoisotopic (exact) mass is 490 g/mol. The number of imide groups is 2. The molecule has 8 heteroatoms. The van der Waals surface area contributed by atoms with Gasteiger partial charge in [0.2, 0.25) is 0 Å². The highest BCUT2D eigenvalue weighted by Gasteiger charge is 2.37. The van der Waals surface area contributed by atoms with Gasteiger partial charge in [0.25, 0.3) is 11.8 Å². The van der Waals surface area contributed by atoms with Crippen LogP contribution in [0.3, 0.4) is 0 Å². The Hall–Kier alpha value is -4.10. The van der Waals surface area contributed by atoms with Crippen molar-refractivity contribution in [3.05, 3.63) is 93.5 Å². The van der Waals surface area contributed by atoms with E-state index in [1.807, 2.05) is 25.1 Å². The van der Waals surface area contributed by atoms with Crippen LogP contribution in [0.15, 0.2) is 66.2 Å². The second kappa shape index (κ2) is 10.0. The van der Waals surface area contributed by atoms with Crippen molar-refractivity contribution in [3.63, 3.8) is 0 Å². The van der Waals surface area contributed by atoms with Gasteiger partial charge < -0.3 is 9.47 Å². The van der Waals surface area contributed by atoms with Crippen molar-refractivity contribution in [2.75, 3.05) is 12.0 Å². The predicted molar refractivity (Wildman–Crippen MR) is 134 cm³/mol. The largest absolute Gasteiger partial charge is 0.493 e. The Morgan fingerprint density at radius 3 is 2.37 bits per heavy atom. The van der Waals surface area contributed by atoms with E-state index in [-0.39, 0.29) is 5.57 Å². The standard InChI is InChI=1S/C27H23ClN2O5/c1-16-4-10-22(17(2)12-16)30-26(32)21(25(31)29-27(30)33)13-19-7-11-23(24(14-19)34-3)35-15-18-5-8-20(28)9-6-18/h4-14H,15H2,1-3H3,(H,29,31,33)/b21-13+. The molecule has 1 heterocycles. The molecule has 0 saturated carbocycles. The van der Waals surface area contributed by atoms with Crippen LogP contribution in [0.2, 0.25) is 5.02 Å². The number of carbonyl (C=O) groups excluding carboxylic acids is 3. The van der Waals surface area contributed by atoms with Crippen molar-refractivity contribution in [3.8, 4) is 11.5 Å². The number of barbiturate groups is 1. The highest BCUT2D eigenvalue weighted by Crippen LogP contribution is 2.31. The number of benzene rings is 3. The van der Waals surface area contributed by atoms with E-state index >= 15 is 0 Å². The van der Waals surface area contributed by atoms with Crippen molar-refractivity contribution in [2.45, 2.75) is 20.5 Å². The quantitative estimate of drug-likeness (QED) is 0.378. The van der Waals surface area contributed by atoms with Crippen LogP contribution >= 0.6 is 11.6 Å². The summed E-state index contributed by atoms with van der Waals surface area (Å²) in [6, 6.07) is 16.9. The average Bonchev–Trinajstić information content (AvgIpc) is 2.83. The number of halogens is 1. The Morgan fingerprint density at radius 1 is 0.943 bits per heavy atom. The van der Waals surface area contributed by atoms with Crippen molar-refractivity contribution in [1.29, 1.82) is 0 Å². The van der Waals surface area contributed by atoms with Crippen LogP contribution in [0.1, 0.15) is 22.3 Å². The van der Waals surface area contributed by atoms with Gasteiger partial charge in [0.1, 0.15) is 12.2 Å². The maximum Gasteiger partial charge on any atom is 0.335 e. The number of amides is 4. The minimum absolute atomic E-state index is 0.165. The first-order valence-corrected chi connectivity index (χ1v) is 11.2. The van der Waals surface area contributed by atoms with Gasteiger partial charge in [-0.1, -0.05) is 47.5 Å². The fraction of sp³-hybridized carbons (Fsp3) is 0.148. The van der Waals surface area contributed by atoms with E-state index in [2.05, 4.69) is 5.32 Å². The third-order valence-electron chi connectivity index (χ3n) is 5.50. The summed E-state index contributed by atoms with van der Waals surface area (Å²) in [7, 11) is 1.50. The van der Waals surface area contributed by atoms with E-state index < -0.39 is 17.8 Å². The van der Waals surface area contributed by atoms with Gasteiger partial charge in [0, 0.05) is 5.02 Å². The molecule has 0 aliphatic carbocycles. The smallest absolute Gasteiger partial charge is 0.335 e. The molecule has 3 aromatic rings. The molecule has 4 amide bonds. The predicted octanol–water partition coefficient (Wildman–Crippen LogP) is 5.21. The topological polar surface area (TPSA) is 84.9 Å². The minimum Gasteiger partial charge on any atom is -0.493 e. The summed E-state index contributed by atoms with van der Waals surface area (Å²) in [6.07, 6.45) is 1.42. The molecule has 1 fully saturated rings. The number of nitrogens with one attached hydrogen (secondary N) is 1. The maximum atomic E-state index is 13.2.